The van der Waals surface area contributed by atoms with Gasteiger partial charge in [0.1, 0.15) is 0 Å². The van der Waals surface area contributed by atoms with E-state index in [0.29, 0.717) is 12.1 Å². The molecule has 0 bridgehead atoms. The van der Waals surface area contributed by atoms with Crippen molar-refractivity contribution in [1.82, 2.24) is 9.80 Å². The molecule has 0 saturated carbocycles. The summed E-state index contributed by atoms with van der Waals surface area (Å²) in [6.45, 7) is 5.81. The highest BCUT2D eigenvalue weighted by Gasteiger charge is 2.32. The molecule has 0 spiro atoms. The number of nitrogens with zero attached hydrogens (tertiary/aromatic N) is 2. The number of rotatable bonds is 2. The molecule has 2 unspecified atom stereocenters. The lowest BCUT2D eigenvalue weighted by atomic mass is 10.1. The molecule has 2 N–H and O–H groups in total. The van der Waals surface area contributed by atoms with Crippen LogP contribution in [0.3, 0.4) is 0 Å². The summed E-state index contributed by atoms with van der Waals surface area (Å²) in [5.41, 5.74) is 7.51. The van der Waals surface area contributed by atoms with Gasteiger partial charge in [0.05, 0.1) is 0 Å². The van der Waals surface area contributed by atoms with Crippen LogP contribution < -0.4 is 5.73 Å². The molecule has 0 aromatic heterocycles. The van der Waals surface area contributed by atoms with E-state index in [0.717, 1.165) is 13.1 Å². The first-order valence-corrected chi connectivity index (χ1v) is 7.07. The summed E-state index contributed by atoms with van der Waals surface area (Å²) in [6, 6.07) is 11.9. The van der Waals surface area contributed by atoms with Crippen LogP contribution in [0.15, 0.2) is 30.3 Å². The largest absolute Gasteiger partial charge is 0.326 e. The highest BCUT2D eigenvalue weighted by atomic mass is 15.3. The molecule has 3 rings (SSSR count). The van der Waals surface area contributed by atoms with Crippen molar-refractivity contribution in [2.75, 3.05) is 26.2 Å². The van der Waals surface area contributed by atoms with Crippen LogP contribution in [0.2, 0.25) is 0 Å². The van der Waals surface area contributed by atoms with E-state index in [9.17, 15) is 0 Å². The minimum Gasteiger partial charge on any atom is -0.326 e. The Bertz CT molecular complexity index is 379. The van der Waals surface area contributed by atoms with Crippen LogP contribution in [-0.4, -0.2) is 48.1 Å². The molecule has 2 fully saturated rings. The molecular weight excluding hydrogens is 222 g/mol. The van der Waals surface area contributed by atoms with E-state index >= 15 is 0 Å². The number of hydrogen-bond donors (Lipinski definition) is 1. The Hall–Kier alpha value is -0.900. The van der Waals surface area contributed by atoms with Gasteiger partial charge in [-0.3, -0.25) is 9.80 Å². The van der Waals surface area contributed by atoms with Gasteiger partial charge in [0.25, 0.3) is 0 Å². The second kappa shape index (κ2) is 5.39. The summed E-state index contributed by atoms with van der Waals surface area (Å²) < 4.78 is 0. The van der Waals surface area contributed by atoms with E-state index < -0.39 is 0 Å². The zero-order valence-electron chi connectivity index (χ0n) is 11.0. The van der Waals surface area contributed by atoms with Crippen molar-refractivity contribution in [3.8, 4) is 0 Å². The van der Waals surface area contributed by atoms with Crippen LogP contribution in [-0.2, 0) is 6.54 Å². The van der Waals surface area contributed by atoms with Crippen LogP contribution in [0.1, 0.15) is 18.4 Å². The maximum atomic E-state index is 6.08. The van der Waals surface area contributed by atoms with E-state index in [2.05, 4.69) is 40.1 Å². The maximum absolute atomic E-state index is 6.08. The standard InChI is InChI=1S/C15H23N3/c16-14-9-15-12-17(7-4-8-18(15)11-14)10-13-5-2-1-3-6-13/h1-3,5-6,14-15H,4,7-12,16H2. The molecule has 3 heteroatoms. The third-order valence-corrected chi connectivity index (χ3v) is 4.20. The van der Waals surface area contributed by atoms with Crippen LogP contribution in [0.4, 0.5) is 0 Å². The van der Waals surface area contributed by atoms with E-state index in [1.54, 1.807) is 0 Å². The van der Waals surface area contributed by atoms with Crippen LogP contribution in [0, 0.1) is 0 Å². The molecule has 0 amide bonds. The first-order valence-electron chi connectivity index (χ1n) is 7.07. The van der Waals surface area contributed by atoms with E-state index in [1.807, 2.05) is 0 Å². The van der Waals surface area contributed by atoms with Gasteiger partial charge in [-0.2, -0.15) is 0 Å². The number of fused-ring (bicyclic) bond motifs is 1. The molecular formula is C15H23N3. The summed E-state index contributed by atoms with van der Waals surface area (Å²) in [6.07, 6.45) is 2.45. The molecule has 2 saturated heterocycles. The highest BCUT2D eigenvalue weighted by molar-refractivity contribution is 5.14. The molecule has 2 atom stereocenters. The van der Waals surface area contributed by atoms with Crippen molar-refractivity contribution in [2.45, 2.75) is 31.5 Å². The minimum absolute atomic E-state index is 0.395. The highest BCUT2D eigenvalue weighted by Crippen LogP contribution is 2.21. The predicted molar refractivity (Wildman–Crippen MR) is 74.3 cm³/mol. The van der Waals surface area contributed by atoms with Crippen molar-refractivity contribution in [2.24, 2.45) is 5.73 Å². The molecule has 3 nitrogen and oxygen atoms in total. The van der Waals surface area contributed by atoms with Crippen LogP contribution in [0.25, 0.3) is 0 Å². The smallest absolute Gasteiger partial charge is 0.0239 e. The van der Waals surface area contributed by atoms with Crippen molar-refractivity contribution < 1.29 is 0 Å². The normalized spacial score (nSPS) is 30.1. The molecule has 2 heterocycles. The van der Waals surface area contributed by atoms with Crippen molar-refractivity contribution >= 4 is 0 Å². The molecule has 2 aliphatic rings. The molecule has 1 aromatic carbocycles. The Morgan fingerprint density at radius 1 is 1.11 bits per heavy atom. The Morgan fingerprint density at radius 2 is 1.94 bits per heavy atom. The summed E-state index contributed by atoms with van der Waals surface area (Å²) in [5, 5.41) is 0. The second-order valence-electron chi connectivity index (χ2n) is 5.72. The maximum Gasteiger partial charge on any atom is 0.0239 e. The lowest BCUT2D eigenvalue weighted by molar-refractivity contribution is 0.215. The van der Waals surface area contributed by atoms with Gasteiger partial charge < -0.3 is 5.73 Å². The Morgan fingerprint density at radius 3 is 2.78 bits per heavy atom. The van der Waals surface area contributed by atoms with Gasteiger partial charge in [-0.15, -0.1) is 0 Å². The SMILES string of the molecule is NC1CC2CN(Cc3ccccc3)CCCN2C1. The van der Waals surface area contributed by atoms with Gasteiger partial charge in [0, 0.05) is 31.7 Å². The summed E-state index contributed by atoms with van der Waals surface area (Å²) in [7, 11) is 0. The topological polar surface area (TPSA) is 32.5 Å². The molecule has 1 aromatic rings. The third kappa shape index (κ3) is 2.74. The molecule has 2 aliphatic heterocycles. The van der Waals surface area contributed by atoms with Gasteiger partial charge >= 0.3 is 0 Å². The van der Waals surface area contributed by atoms with Crippen molar-refractivity contribution in [1.29, 1.82) is 0 Å². The quantitative estimate of drug-likeness (QED) is 0.852. The fraction of sp³-hybridized carbons (Fsp3) is 0.600. The van der Waals surface area contributed by atoms with Gasteiger partial charge in [0.15, 0.2) is 0 Å². The number of nitrogens with two attached hydrogens (primary N) is 1. The number of hydrogen-bond acceptors (Lipinski definition) is 3. The average Bonchev–Trinajstić information content (AvgIpc) is 2.60. The molecule has 18 heavy (non-hydrogen) atoms. The minimum atomic E-state index is 0.395. The predicted octanol–water partition coefficient (Wildman–Crippen LogP) is 1.29. The Balaban J connectivity index is 1.63. The first-order chi connectivity index (χ1) is 8.81. The van der Waals surface area contributed by atoms with Gasteiger partial charge in [-0.25, -0.2) is 0 Å². The second-order valence-corrected chi connectivity index (χ2v) is 5.72. The lowest BCUT2D eigenvalue weighted by Crippen LogP contribution is -2.36. The molecule has 0 aliphatic carbocycles. The first kappa shape index (κ1) is 12.2. The lowest BCUT2D eigenvalue weighted by Gasteiger charge is -2.25. The Kier molecular flexibility index (Phi) is 3.64. The van der Waals surface area contributed by atoms with E-state index in [4.69, 9.17) is 5.73 Å². The fourth-order valence-electron chi connectivity index (χ4n) is 3.36. The monoisotopic (exact) mass is 245 g/mol. The molecule has 0 radical (unpaired) electrons. The molecule has 98 valence electrons. The number of benzene rings is 1. The van der Waals surface area contributed by atoms with Crippen LogP contribution >= 0.6 is 0 Å². The van der Waals surface area contributed by atoms with Gasteiger partial charge in [-0.05, 0) is 31.5 Å². The van der Waals surface area contributed by atoms with Gasteiger partial charge in [-0.1, -0.05) is 30.3 Å². The van der Waals surface area contributed by atoms with Crippen molar-refractivity contribution in [3.63, 3.8) is 0 Å². The third-order valence-electron chi connectivity index (χ3n) is 4.20. The van der Waals surface area contributed by atoms with Crippen LogP contribution in [0.5, 0.6) is 0 Å². The fourth-order valence-corrected chi connectivity index (χ4v) is 3.36. The summed E-state index contributed by atoms with van der Waals surface area (Å²) >= 11 is 0. The summed E-state index contributed by atoms with van der Waals surface area (Å²) in [5.74, 6) is 0. The zero-order valence-corrected chi connectivity index (χ0v) is 11.0. The summed E-state index contributed by atoms with van der Waals surface area (Å²) in [4.78, 5) is 5.19. The Labute approximate surface area is 110 Å². The van der Waals surface area contributed by atoms with Gasteiger partial charge in [0.2, 0.25) is 0 Å². The van der Waals surface area contributed by atoms with Crippen molar-refractivity contribution in [3.05, 3.63) is 35.9 Å². The zero-order chi connectivity index (χ0) is 12.4. The van der Waals surface area contributed by atoms with E-state index in [-0.39, 0.29) is 0 Å². The average molecular weight is 245 g/mol. The van der Waals surface area contributed by atoms with E-state index in [1.165, 1.54) is 38.0 Å².